The molecule has 3 rings (SSSR count). The molecule has 0 bridgehead atoms. The highest BCUT2D eigenvalue weighted by atomic mass is 16.2. The number of allylic oxidation sites excluding steroid dienone is 1. The van der Waals surface area contributed by atoms with Gasteiger partial charge in [0.05, 0.1) is 11.3 Å². The van der Waals surface area contributed by atoms with Gasteiger partial charge in [-0.1, -0.05) is 0 Å². The zero-order valence-electron chi connectivity index (χ0n) is 17.8. The lowest BCUT2D eigenvalue weighted by atomic mass is 9.88. The summed E-state index contributed by atoms with van der Waals surface area (Å²) in [6.45, 7) is 17.1. The summed E-state index contributed by atoms with van der Waals surface area (Å²) in [5, 5.41) is 0. The molecule has 1 amide bonds. The van der Waals surface area contributed by atoms with Gasteiger partial charge in [0.25, 0.3) is 5.91 Å². The minimum atomic E-state index is 0.101. The van der Waals surface area contributed by atoms with E-state index in [-0.39, 0.29) is 5.91 Å². The molecular weight excluding hydrogens is 320 g/mol. The number of aromatic nitrogens is 1. The Morgan fingerprint density at radius 2 is 1.27 bits per heavy atom. The van der Waals surface area contributed by atoms with Crippen molar-refractivity contribution in [2.45, 2.75) is 55.4 Å². The van der Waals surface area contributed by atoms with Crippen LogP contribution in [-0.4, -0.2) is 17.5 Å². The quantitative estimate of drug-likeness (QED) is 0.658. The van der Waals surface area contributed by atoms with Crippen LogP contribution in [0.4, 0.5) is 5.69 Å². The van der Waals surface area contributed by atoms with E-state index in [1.54, 1.807) is 0 Å². The van der Waals surface area contributed by atoms with E-state index in [1.165, 1.54) is 44.8 Å². The fourth-order valence-corrected chi connectivity index (χ4v) is 4.51. The maximum atomic E-state index is 13.3. The van der Waals surface area contributed by atoms with E-state index >= 15 is 0 Å². The fourth-order valence-electron chi connectivity index (χ4n) is 4.51. The Labute approximate surface area is 157 Å². The highest BCUT2D eigenvalue weighted by molar-refractivity contribution is 6.38. The number of benzene rings is 1. The molecule has 0 aliphatic carbocycles. The van der Waals surface area contributed by atoms with Crippen molar-refractivity contribution in [1.82, 2.24) is 4.57 Å². The first kappa shape index (κ1) is 18.5. The molecule has 0 atom stereocenters. The largest absolute Gasteiger partial charge is 0.348 e. The second kappa shape index (κ2) is 5.87. The van der Waals surface area contributed by atoms with Crippen LogP contribution in [0, 0.1) is 48.5 Å². The van der Waals surface area contributed by atoms with E-state index in [1.807, 2.05) is 11.9 Å². The minimum absolute atomic E-state index is 0.101. The predicted molar refractivity (Wildman–Crippen MR) is 111 cm³/mol. The zero-order valence-corrected chi connectivity index (χ0v) is 17.8. The van der Waals surface area contributed by atoms with Crippen LogP contribution >= 0.6 is 0 Å². The van der Waals surface area contributed by atoms with Crippen LogP contribution in [-0.2, 0) is 11.8 Å². The van der Waals surface area contributed by atoms with Gasteiger partial charge in [0.15, 0.2) is 0 Å². The molecule has 0 fully saturated rings. The number of amides is 1. The van der Waals surface area contributed by atoms with E-state index in [0.29, 0.717) is 0 Å². The van der Waals surface area contributed by atoms with Gasteiger partial charge in [0, 0.05) is 31.0 Å². The van der Waals surface area contributed by atoms with E-state index < -0.39 is 0 Å². The van der Waals surface area contributed by atoms with Crippen LogP contribution in [0.3, 0.4) is 0 Å². The zero-order chi connectivity index (χ0) is 19.7. The topological polar surface area (TPSA) is 25.2 Å². The highest BCUT2D eigenvalue weighted by Gasteiger charge is 2.36. The molecular formula is C23H30N2O. The fraction of sp³-hybridized carbons (Fsp3) is 0.435. The molecule has 0 unspecified atom stereocenters. The summed E-state index contributed by atoms with van der Waals surface area (Å²) in [6.07, 6.45) is 0. The number of hydrogen-bond acceptors (Lipinski definition) is 1. The molecule has 138 valence electrons. The van der Waals surface area contributed by atoms with Gasteiger partial charge in [0.1, 0.15) is 0 Å². The van der Waals surface area contributed by atoms with Gasteiger partial charge < -0.3 is 9.47 Å². The number of carbonyl (C=O) groups is 1. The number of carbonyl (C=O) groups excluding carboxylic acids is 1. The lowest BCUT2D eigenvalue weighted by Gasteiger charge is -2.18. The first-order chi connectivity index (χ1) is 12.0. The van der Waals surface area contributed by atoms with Crippen molar-refractivity contribution >= 4 is 22.7 Å². The van der Waals surface area contributed by atoms with Gasteiger partial charge in [-0.3, -0.25) is 4.79 Å². The van der Waals surface area contributed by atoms with Crippen LogP contribution in [0.5, 0.6) is 0 Å². The number of fused-ring (bicyclic) bond motifs is 1. The Morgan fingerprint density at radius 1 is 0.731 bits per heavy atom. The maximum absolute atomic E-state index is 13.3. The summed E-state index contributed by atoms with van der Waals surface area (Å²) in [5.74, 6) is 0.101. The average molecular weight is 351 g/mol. The molecule has 0 saturated carbocycles. The maximum Gasteiger partial charge on any atom is 0.259 e. The molecule has 2 heterocycles. The minimum Gasteiger partial charge on any atom is -0.348 e. The van der Waals surface area contributed by atoms with Crippen LogP contribution < -0.4 is 4.90 Å². The summed E-state index contributed by atoms with van der Waals surface area (Å²) in [7, 11) is 3.99. The normalized spacial score (nSPS) is 15.8. The van der Waals surface area contributed by atoms with Gasteiger partial charge in [0.2, 0.25) is 0 Å². The summed E-state index contributed by atoms with van der Waals surface area (Å²) in [4.78, 5) is 15.1. The van der Waals surface area contributed by atoms with Crippen LogP contribution in [0.25, 0.3) is 11.1 Å². The molecule has 1 aliphatic rings. The Bertz CT molecular complexity index is 977. The Balaban J connectivity index is 2.45. The van der Waals surface area contributed by atoms with Crippen LogP contribution in [0.1, 0.15) is 57.3 Å². The van der Waals surface area contributed by atoms with Crippen molar-refractivity contribution in [3.8, 4) is 0 Å². The summed E-state index contributed by atoms with van der Waals surface area (Å²) >= 11 is 0. The highest BCUT2D eigenvalue weighted by Crippen LogP contribution is 2.46. The SMILES string of the molecule is C/C(=C1/C(=O)N(C)c2c(C)c(C)c(C)c(C)c21)c1c(C)c(C)c(C)n1C. The Hall–Kier alpha value is -2.29. The number of rotatable bonds is 1. The second-order valence-corrected chi connectivity index (χ2v) is 7.83. The van der Waals surface area contributed by atoms with E-state index in [0.717, 1.165) is 22.4 Å². The number of likely N-dealkylation sites (N-methyl/N-ethyl adjacent to an activating group) is 1. The van der Waals surface area contributed by atoms with Crippen molar-refractivity contribution in [2.24, 2.45) is 7.05 Å². The molecule has 1 aromatic carbocycles. The molecule has 2 aromatic rings. The van der Waals surface area contributed by atoms with Crippen LogP contribution in [0.15, 0.2) is 0 Å². The lowest BCUT2D eigenvalue weighted by Crippen LogP contribution is -2.21. The monoisotopic (exact) mass is 350 g/mol. The third kappa shape index (κ3) is 2.16. The molecule has 3 heteroatoms. The Kier molecular flexibility index (Phi) is 4.18. The smallest absolute Gasteiger partial charge is 0.259 e. The summed E-state index contributed by atoms with van der Waals surface area (Å²) in [6, 6.07) is 0. The van der Waals surface area contributed by atoms with Crippen molar-refractivity contribution < 1.29 is 4.79 Å². The van der Waals surface area contributed by atoms with Gasteiger partial charge >= 0.3 is 0 Å². The van der Waals surface area contributed by atoms with Gasteiger partial charge in [-0.25, -0.2) is 0 Å². The summed E-state index contributed by atoms with van der Waals surface area (Å²) in [5.41, 5.74) is 14.1. The van der Waals surface area contributed by atoms with Gasteiger partial charge in [-0.15, -0.1) is 0 Å². The molecule has 1 aromatic heterocycles. The third-order valence-electron chi connectivity index (χ3n) is 6.79. The van der Waals surface area contributed by atoms with Crippen molar-refractivity contribution in [2.75, 3.05) is 11.9 Å². The van der Waals surface area contributed by atoms with E-state index in [4.69, 9.17) is 0 Å². The standard InChI is InChI=1S/C23H30N2O/c1-11-12(2)15(5)22-19(14(11)4)20(23(26)25(22)10)17(7)21-16(6)13(3)18(8)24(21)9/h1-10H3/b20-17-. The van der Waals surface area contributed by atoms with Crippen molar-refractivity contribution in [1.29, 1.82) is 0 Å². The molecule has 0 N–H and O–H groups in total. The van der Waals surface area contributed by atoms with Gasteiger partial charge in [-0.2, -0.15) is 0 Å². The molecule has 3 nitrogen and oxygen atoms in total. The lowest BCUT2D eigenvalue weighted by molar-refractivity contribution is -0.112. The first-order valence-corrected chi connectivity index (χ1v) is 9.24. The van der Waals surface area contributed by atoms with Gasteiger partial charge in [-0.05, 0) is 94.3 Å². The second-order valence-electron chi connectivity index (χ2n) is 7.83. The van der Waals surface area contributed by atoms with Crippen LogP contribution in [0.2, 0.25) is 0 Å². The third-order valence-corrected chi connectivity index (χ3v) is 6.79. The number of hydrogen-bond donors (Lipinski definition) is 0. The molecule has 0 radical (unpaired) electrons. The van der Waals surface area contributed by atoms with Crippen molar-refractivity contribution in [3.05, 3.63) is 50.3 Å². The molecule has 1 aliphatic heterocycles. The summed E-state index contributed by atoms with van der Waals surface area (Å²) < 4.78 is 2.22. The molecule has 0 spiro atoms. The molecule has 0 saturated heterocycles. The van der Waals surface area contributed by atoms with Crippen molar-refractivity contribution in [3.63, 3.8) is 0 Å². The average Bonchev–Trinajstić information content (AvgIpc) is 2.97. The first-order valence-electron chi connectivity index (χ1n) is 9.24. The van der Waals surface area contributed by atoms with E-state index in [2.05, 4.69) is 67.0 Å². The Morgan fingerprint density at radius 3 is 1.77 bits per heavy atom. The number of nitrogens with zero attached hydrogens (tertiary/aromatic N) is 2. The predicted octanol–water partition coefficient (Wildman–Crippen LogP) is 5.09. The van der Waals surface area contributed by atoms with E-state index in [9.17, 15) is 4.79 Å². The number of anilines is 1. The molecule has 26 heavy (non-hydrogen) atoms.